The largest absolute Gasteiger partial charge is 0.486 e. The first-order valence-electron chi connectivity index (χ1n) is 11.4. The molecule has 170 valence electrons. The highest BCUT2D eigenvalue weighted by atomic mass is 16.6. The van der Waals surface area contributed by atoms with Crippen molar-refractivity contribution in [3.63, 3.8) is 0 Å². The highest BCUT2D eigenvalue weighted by molar-refractivity contribution is 5.98. The monoisotopic (exact) mass is 437 g/mol. The van der Waals surface area contributed by atoms with Crippen molar-refractivity contribution in [2.75, 3.05) is 57.4 Å². The Morgan fingerprint density at radius 2 is 1.62 bits per heavy atom. The molecule has 0 spiro atoms. The van der Waals surface area contributed by atoms with E-state index in [0.29, 0.717) is 36.8 Å². The number of rotatable bonds is 9. The van der Waals surface area contributed by atoms with Gasteiger partial charge in [-0.2, -0.15) is 0 Å². The van der Waals surface area contributed by atoms with Gasteiger partial charge in [-0.3, -0.25) is 14.5 Å². The maximum Gasteiger partial charge on any atom is 0.220 e. The van der Waals surface area contributed by atoms with Crippen LogP contribution in [0.2, 0.25) is 0 Å². The van der Waals surface area contributed by atoms with Crippen LogP contribution in [0.5, 0.6) is 11.5 Å². The minimum atomic E-state index is -0.0789. The van der Waals surface area contributed by atoms with E-state index in [1.165, 1.54) is 5.69 Å². The Kier molecular flexibility index (Phi) is 7.61. The lowest BCUT2D eigenvalue weighted by molar-refractivity contribution is -0.121. The van der Waals surface area contributed by atoms with E-state index in [0.717, 1.165) is 39.1 Å². The molecule has 0 unspecified atom stereocenters. The van der Waals surface area contributed by atoms with Crippen LogP contribution in [-0.4, -0.2) is 69.1 Å². The fraction of sp³-hybridized carbons (Fsp3) is 0.440. The van der Waals surface area contributed by atoms with E-state index in [9.17, 15) is 9.59 Å². The molecule has 0 atom stereocenters. The van der Waals surface area contributed by atoms with Crippen molar-refractivity contribution in [3.05, 3.63) is 54.1 Å². The zero-order valence-corrected chi connectivity index (χ0v) is 18.4. The van der Waals surface area contributed by atoms with Gasteiger partial charge in [0.15, 0.2) is 17.3 Å². The highest BCUT2D eigenvalue weighted by Gasteiger charge is 2.17. The van der Waals surface area contributed by atoms with Gasteiger partial charge >= 0.3 is 0 Å². The molecule has 2 aromatic carbocycles. The molecule has 2 heterocycles. The fourth-order valence-corrected chi connectivity index (χ4v) is 4.08. The van der Waals surface area contributed by atoms with Gasteiger partial charge in [-0.15, -0.1) is 0 Å². The minimum absolute atomic E-state index is 0.0617. The number of nitrogens with zero attached hydrogens (tertiary/aromatic N) is 2. The predicted octanol–water partition coefficient (Wildman–Crippen LogP) is 2.75. The van der Waals surface area contributed by atoms with Crippen molar-refractivity contribution in [2.24, 2.45) is 0 Å². The number of carbonyl (C=O) groups excluding carboxylic acids is 2. The molecule has 32 heavy (non-hydrogen) atoms. The molecule has 1 amide bonds. The third-order valence-corrected chi connectivity index (χ3v) is 5.91. The Hall–Kier alpha value is -3.06. The Morgan fingerprint density at radius 1 is 0.875 bits per heavy atom. The first-order valence-corrected chi connectivity index (χ1v) is 11.4. The average molecular weight is 438 g/mol. The van der Waals surface area contributed by atoms with E-state index in [1.807, 2.05) is 6.07 Å². The van der Waals surface area contributed by atoms with Crippen LogP contribution in [-0.2, 0) is 4.79 Å². The first kappa shape index (κ1) is 22.1. The summed E-state index contributed by atoms with van der Waals surface area (Å²) in [5, 5.41) is 2.94. The Morgan fingerprint density at radius 3 is 2.41 bits per heavy atom. The average Bonchev–Trinajstić information content (AvgIpc) is 2.85. The lowest BCUT2D eigenvalue weighted by atomic mass is 10.1. The van der Waals surface area contributed by atoms with Crippen LogP contribution in [0.4, 0.5) is 5.69 Å². The molecular weight excluding hydrogens is 406 g/mol. The summed E-state index contributed by atoms with van der Waals surface area (Å²) in [6.07, 6.45) is 1.29. The molecule has 2 aliphatic rings. The molecule has 7 heteroatoms. The summed E-state index contributed by atoms with van der Waals surface area (Å²) in [5.41, 5.74) is 1.84. The van der Waals surface area contributed by atoms with E-state index >= 15 is 0 Å². The van der Waals surface area contributed by atoms with Gasteiger partial charge in [0.05, 0.1) is 0 Å². The third kappa shape index (κ3) is 6.01. The molecule has 2 aliphatic heterocycles. The molecule has 7 nitrogen and oxygen atoms in total. The number of fused-ring (bicyclic) bond motifs is 1. The topological polar surface area (TPSA) is 71.1 Å². The summed E-state index contributed by atoms with van der Waals surface area (Å²) in [6.45, 7) is 6.73. The maximum atomic E-state index is 12.4. The SMILES string of the molecule is O=C(CCC(=O)c1ccc2c(c1)OCCO2)NCCCN1CCN(c2ccccc2)CC1. The summed E-state index contributed by atoms with van der Waals surface area (Å²) >= 11 is 0. The van der Waals surface area contributed by atoms with E-state index in [4.69, 9.17) is 9.47 Å². The van der Waals surface area contributed by atoms with E-state index < -0.39 is 0 Å². The maximum absolute atomic E-state index is 12.4. The summed E-state index contributed by atoms with van der Waals surface area (Å²) in [6, 6.07) is 15.7. The second-order valence-corrected chi connectivity index (χ2v) is 8.15. The van der Waals surface area contributed by atoms with Crippen molar-refractivity contribution in [2.45, 2.75) is 19.3 Å². The number of hydrogen-bond acceptors (Lipinski definition) is 6. The lowest BCUT2D eigenvalue weighted by Crippen LogP contribution is -2.47. The zero-order valence-electron chi connectivity index (χ0n) is 18.4. The molecule has 2 aromatic rings. The third-order valence-electron chi connectivity index (χ3n) is 5.91. The van der Waals surface area contributed by atoms with Crippen LogP contribution in [0.3, 0.4) is 0 Å². The van der Waals surface area contributed by atoms with Crippen LogP contribution in [0.25, 0.3) is 0 Å². The summed E-state index contributed by atoms with van der Waals surface area (Å²) in [5.74, 6) is 1.11. The minimum Gasteiger partial charge on any atom is -0.486 e. The number of nitrogens with one attached hydrogen (secondary N) is 1. The van der Waals surface area contributed by atoms with Crippen LogP contribution in [0, 0.1) is 0 Å². The number of hydrogen-bond donors (Lipinski definition) is 1. The molecule has 0 radical (unpaired) electrons. The lowest BCUT2D eigenvalue weighted by Gasteiger charge is -2.36. The number of ketones is 1. The van der Waals surface area contributed by atoms with E-state index in [-0.39, 0.29) is 24.5 Å². The molecule has 1 fully saturated rings. The number of ether oxygens (including phenoxy) is 2. The van der Waals surface area contributed by atoms with Gasteiger partial charge in [0, 0.05) is 56.8 Å². The van der Waals surface area contributed by atoms with Crippen molar-refractivity contribution >= 4 is 17.4 Å². The fourth-order valence-electron chi connectivity index (χ4n) is 4.08. The summed E-state index contributed by atoms with van der Waals surface area (Å²) in [4.78, 5) is 29.4. The van der Waals surface area contributed by atoms with Crippen LogP contribution in [0.1, 0.15) is 29.6 Å². The van der Waals surface area contributed by atoms with Crippen molar-refractivity contribution in [3.8, 4) is 11.5 Å². The van der Waals surface area contributed by atoms with Gasteiger partial charge in [-0.05, 0) is 43.3 Å². The number of anilines is 1. The van der Waals surface area contributed by atoms with Gasteiger partial charge in [-0.1, -0.05) is 18.2 Å². The second kappa shape index (κ2) is 11.0. The zero-order chi connectivity index (χ0) is 22.2. The standard InChI is InChI=1S/C25H31N3O4/c29-22(20-7-9-23-24(19-20)32-18-17-31-23)8-10-25(30)26-11-4-12-27-13-15-28(16-14-27)21-5-2-1-3-6-21/h1-3,5-7,9,19H,4,8,10-18H2,(H,26,30). The Labute approximate surface area is 189 Å². The second-order valence-electron chi connectivity index (χ2n) is 8.15. The van der Waals surface area contributed by atoms with Crippen LogP contribution >= 0.6 is 0 Å². The number of benzene rings is 2. The highest BCUT2D eigenvalue weighted by Crippen LogP contribution is 2.31. The smallest absolute Gasteiger partial charge is 0.220 e. The number of Topliss-reactive ketones (excluding diaryl/α,β-unsaturated/α-hetero) is 1. The Bertz CT molecular complexity index is 911. The van der Waals surface area contributed by atoms with Crippen LogP contribution < -0.4 is 19.7 Å². The van der Waals surface area contributed by atoms with Gasteiger partial charge < -0.3 is 19.7 Å². The molecule has 4 rings (SSSR count). The van der Waals surface area contributed by atoms with Gasteiger partial charge in [0.1, 0.15) is 13.2 Å². The quantitative estimate of drug-likeness (QED) is 0.481. The van der Waals surface area contributed by atoms with Gasteiger partial charge in [0.2, 0.25) is 5.91 Å². The molecule has 0 aliphatic carbocycles. The molecular formula is C25H31N3O4. The Balaban J connectivity index is 1.09. The number of carbonyl (C=O) groups is 2. The molecule has 1 saturated heterocycles. The first-order chi connectivity index (χ1) is 15.7. The van der Waals surface area contributed by atoms with Gasteiger partial charge in [0.25, 0.3) is 0 Å². The number of amides is 1. The molecule has 0 saturated carbocycles. The predicted molar refractivity (Wildman–Crippen MR) is 124 cm³/mol. The van der Waals surface area contributed by atoms with Crippen molar-refractivity contribution < 1.29 is 19.1 Å². The van der Waals surface area contributed by atoms with E-state index in [2.05, 4.69) is 39.4 Å². The number of piperazine rings is 1. The summed E-state index contributed by atoms with van der Waals surface area (Å²) in [7, 11) is 0. The molecule has 0 bridgehead atoms. The normalized spacial score (nSPS) is 15.9. The molecule has 1 N–H and O–H groups in total. The van der Waals surface area contributed by atoms with E-state index in [1.54, 1.807) is 18.2 Å². The van der Waals surface area contributed by atoms with Crippen molar-refractivity contribution in [1.29, 1.82) is 0 Å². The van der Waals surface area contributed by atoms with Crippen LogP contribution in [0.15, 0.2) is 48.5 Å². The molecule has 0 aromatic heterocycles. The van der Waals surface area contributed by atoms with Crippen molar-refractivity contribution in [1.82, 2.24) is 10.2 Å². The van der Waals surface area contributed by atoms with Gasteiger partial charge in [-0.25, -0.2) is 0 Å². The number of para-hydroxylation sites is 1. The summed E-state index contributed by atoms with van der Waals surface area (Å²) < 4.78 is 11.0.